The van der Waals surface area contributed by atoms with Gasteiger partial charge in [-0.3, -0.25) is 4.79 Å². The van der Waals surface area contributed by atoms with E-state index in [0.717, 1.165) is 26.2 Å². The standard InChI is InChI=1S/C21H19BF5N3O3S/c1-20(21(25,26)27)8-13(12-4-6-15(23)16(24)17(12)33-2)18(34-20)19(31)29-11-3-5-14-10(7-11)9-28-30-22(14)32/h3-7,9,13,18,30,32H,8H2,1-2H3,(H,29,31)/t13-,18+,20+/m0/s1. The zero-order chi connectivity index (χ0) is 24.8. The normalized spacial score (nSPS) is 23.9. The average molecular weight is 499 g/mol. The number of carbonyl (C=O) groups excluding carboxylic acids is 1. The smallest absolute Gasteiger partial charge is 0.464 e. The first kappa shape index (κ1) is 24.3. The molecule has 0 radical (unpaired) electrons. The maximum atomic E-state index is 14.3. The van der Waals surface area contributed by atoms with Crippen LogP contribution in [0.5, 0.6) is 5.75 Å². The molecule has 1 saturated heterocycles. The third-order valence-corrected chi connectivity index (χ3v) is 7.67. The van der Waals surface area contributed by atoms with Gasteiger partial charge in [0.15, 0.2) is 11.6 Å². The van der Waals surface area contributed by atoms with Crippen molar-refractivity contribution in [3.05, 3.63) is 53.1 Å². The number of carbonyl (C=O) groups is 1. The van der Waals surface area contributed by atoms with Crippen LogP contribution in [-0.2, 0) is 4.79 Å². The first-order valence-corrected chi connectivity index (χ1v) is 11.0. The Labute approximate surface area is 196 Å². The Balaban J connectivity index is 1.69. The first-order valence-electron chi connectivity index (χ1n) is 10.1. The van der Waals surface area contributed by atoms with Gasteiger partial charge in [-0.1, -0.05) is 12.1 Å². The SMILES string of the molecule is COc1c([C@@H]2C[C@](C)(C(F)(F)F)S[C@H]2C(=O)Nc2ccc3c(c2)C=NNB3O)ccc(F)c1F. The van der Waals surface area contributed by atoms with Crippen molar-refractivity contribution < 1.29 is 36.5 Å². The summed E-state index contributed by atoms with van der Waals surface area (Å²) in [5, 5.41) is 17.5. The molecule has 3 N–H and O–H groups in total. The minimum atomic E-state index is -4.65. The molecule has 0 aliphatic carbocycles. The molecule has 1 fully saturated rings. The number of thioether (sulfide) groups is 1. The van der Waals surface area contributed by atoms with Gasteiger partial charge >= 0.3 is 13.2 Å². The topological polar surface area (TPSA) is 83.0 Å². The molecule has 2 aliphatic heterocycles. The summed E-state index contributed by atoms with van der Waals surface area (Å²) >= 11 is 0.424. The third kappa shape index (κ3) is 4.22. The van der Waals surface area contributed by atoms with Crippen molar-refractivity contribution in [2.75, 3.05) is 12.4 Å². The highest BCUT2D eigenvalue weighted by molar-refractivity contribution is 8.02. The number of anilines is 1. The number of amides is 1. The molecular formula is C21H19BF5N3O3S. The summed E-state index contributed by atoms with van der Waals surface area (Å²) in [6.07, 6.45) is -3.75. The summed E-state index contributed by atoms with van der Waals surface area (Å²) in [5.74, 6) is -4.90. The third-order valence-electron chi connectivity index (χ3n) is 5.95. The van der Waals surface area contributed by atoms with Gasteiger partial charge in [0.05, 0.1) is 18.6 Å². The molecule has 1 amide bonds. The van der Waals surface area contributed by atoms with Crippen LogP contribution in [0.25, 0.3) is 0 Å². The van der Waals surface area contributed by atoms with Gasteiger partial charge in [-0.15, -0.1) is 11.8 Å². The second-order valence-electron chi connectivity index (χ2n) is 8.18. The van der Waals surface area contributed by atoms with Crippen molar-refractivity contribution in [3.63, 3.8) is 0 Å². The Morgan fingerprint density at radius 2 is 2.06 bits per heavy atom. The predicted molar refractivity (Wildman–Crippen MR) is 120 cm³/mol. The van der Waals surface area contributed by atoms with Gasteiger partial charge in [0.1, 0.15) is 4.75 Å². The monoisotopic (exact) mass is 499 g/mol. The van der Waals surface area contributed by atoms with Crippen LogP contribution in [0.2, 0.25) is 0 Å². The highest BCUT2D eigenvalue weighted by Gasteiger charge is 2.60. The highest BCUT2D eigenvalue weighted by Crippen LogP contribution is 2.59. The lowest BCUT2D eigenvalue weighted by molar-refractivity contribution is -0.155. The Kier molecular flexibility index (Phi) is 6.28. The van der Waals surface area contributed by atoms with Crippen LogP contribution >= 0.6 is 11.8 Å². The zero-order valence-corrected chi connectivity index (χ0v) is 18.7. The maximum absolute atomic E-state index is 14.3. The molecule has 0 spiro atoms. The van der Waals surface area contributed by atoms with Crippen LogP contribution in [0.1, 0.15) is 30.4 Å². The van der Waals surface area contributed by atoms with Crippen molar-refractivity contribution in [1.29, 1.82) is 0 Å². The molecule has 0 bridgehead atoms. The molecule has 4 rings (SSSR count). The van der Waals surface area contributed by atoms with E-state index in [-0.39, 0.29) is 11.3 Å². The number of nitrogens with zero attached hydrogens (tertiary/aromatic N) is 1. The summed E-state index contributed by atoms with van der Waals surface area (Å²) in [7, 11) is 0.0484. The number of hydrogen-bond donors (Lipinski definition) is 3. The van der Waals surface area contributed by atoms with E-state index < -0.39 is 58.9 Å². The number of ether oxygens (including phenoxy) is 1. The number of hydrogen-bond acceptors (Lipinski definition) is 6. The van der Waals surface area contributed by atoms with Gasteiger partial charge in [-0.25, -0.2) is 4.39 Å². The van der Waals surface area contributed by atoms with Crippen LogP contribution in [0.3, 0.4) is 0 Å². The van der Waals surface area contributed by atoms with Crippen LogP contribution in [0.4, 0.5) is 27.6 Å². The molecule has 6 nitrogen and oxygen atoms in total. The van der Waals surface area contributed by atoms with Gasteiger partial charge in [0.25, 0.3) is 0 Å². The minimum Gasteiger partial charge on any atom is -0.493 e. The van der Waals surface area contributed by atoms with Crippen molar-refractivity contribution >= 4 is 42.1 Å². The molecule has 180 valence electrons. The Bertz CT molecular complexity index is 1170. The maximum Gasteiger partial charge on any atom is 0.464 e. The number of alkyl halides is 3. The predicted octanol–water partition coefficient (Wildman–Crippen LogP) is 3.15. The number of nitrogens with one attached hydrogen (secondary N) is 2. The van der Waals surface area contributed by atoms with E-state index in [1.165, 1.54) is 18.3 Å². The van der Waals surface area contributed by atoms with Crippen LogP contribution in [0.15, 0.2) is 35.4 Å². The molecule has 2 aromatic carbocycles. The van der Waals surface area contributed by atoms with Crippen molar-refractivity contribution in [2.24, 2.45) is 5.10 Å². The summed E-state index contributed by atoms with van der Waals surface area (Å²) in [4.78, 5) is 13.2. The van der Waals surface area contributed by atoms with Gasteiger partial charge in [-0.2, -0.15) is 22.7 Å². The number of fused-ring (bicyclic) bond motifs is 1. The second kappa shape index (κ2) is 8.77. The minimum absolute atomic E-state index is 0.0196. The van der Waals surface area contributed by atoms with E-state index in [1.807, 2.05) is 0 Å². The van der Waals surface area contributed by atoms with Crippen LogP contribution in [-0.4, -0.2) is 47.5 Å². The number of halogens is 5. The first-order chi connectivity index (χ1) is 15.9. The molecule has 0 aromatic heterocycles. The molecule has 0 saturated carbocycles. The molecule has 34 heavy (non-hydrogen) atoms. The summed E-state index contributed by atoms with van der Waals surface area (Å²) in [5.41, 5.74) is 1.29. The van der Waals surface area contributed by atoms with Gasteiger partial charge in [0.2, 0.25) is 11.7 Å². The molecular weight excluding hydrogens is 480 g/mol. The molecule has 2 aromatic rings. The molecule has 3 atom stereocenters. The van der Waals surface area contributed by atoms with E-state index in [2.05, 4.69) is 15.8 Å². The van der Waals surface area contributed by atoms with Gasteiger partial charge < -0.3 is 20.4 Å². The summed E-state index contributed by atoms with van der Waals surface area (Å²) in [6, 6.07) is 6.52. The van der Waals surface area contributed by atoms with E-state index >= 15 is 0 Å². The Morgan fingerprint density at radius 3 is 2.74 bits per heavy atom. The average Bonchev–Trinajstić information content (AvgIpc) is 3.14. The van der Waals surface area contributed by atoms with E-state index in [9.17, 15) is 31.8 Å². The van der Waals surface area contributed by atoms with E-state index in [0.29, 0.717) is 22.8 Å². The van der Waals surface area contributed by atoms with Gasteiger partial charge in [-0.05, 0) is 42.6 Å². The number of methoxy groups -OCH3 is 1. The second-order valence-corrected chi connectivity index (χ2v) is 9.83. The van der Waals surface area contributed by atoms with Crippen LogP contribution in [0, 0.1) is 11.6 Å². The highest BCUT2D eigenvalue weighted by atomic mass is 32.2. The molecule has 2 aliphatic rings. The zero-order valence-electron chi connectivity index (χ0n) is 17.9. The quantitative estimate of drug-likeness (QED) is 0.445. The van der Waals surface area contributed by atoms with E-state index in [1.54, 1.807) is 6.07 Å². The van der Waals surface area contributed by atoms with E-state index in [4.69, 9.17) is 4.74 Å². The Hall–Kier alpha value is -2.80. The van der Waals surface area contributed by atoms with Gasteiger partial charge in [0, 0.05) is 17.2 Å². The largest absolute Gasteiger partial charge is 0.493 e. The fourth-order valence-electron chi connectivity index (χ4n) is 4.15. The molecule has 0 unspecified atom stereocenters. The van der Waals surface area contributed by atoms with Crippen molar-refractivity contribution in [2.45, 2.75) is 35.4 Å². The Morgan fingerprint density at radius 1 is 1.32 bits per heavy atom. The molecule has 13 heteroatoms. The molecule has 2 heterocycles. The lowest BCUT2D eigenvalue weighted by Gasteiger charge is -2.26. The lowest BCUT2D eigenvalue weighted by atomic mass is 9.72. The number of benzene rings is 2. The number of rotatable bonds is 4. The number of hydrazone groups is 1. The fourth-order valence-corrected chi connectivity index (χ4v) is 5.69. The van der Waals surface area contributed by atoms with Crippen molar-refractivity contribution in [3.8, 4) is 5.75 Å². The van der Waals surface area contributed by atoms with Crippen LogP contribution < -0.4 is 20.9 Å². The fraction of sp³-hybridized carbons (Fsp3) is 0.333. The summed E-state index contributed by atoms with van der Waals surface area (Å²) in [6.45, 7) is 0.980. The van der Waals surface area contributed by atoms with Crippen molar-refractivity contribution in [1.82, 2.24) is 5.34 Å². The lowest BCUT2D eigenvalue weighted by Crippen LogP contribution is -2.46. The summed E-state index contributed by atoms with van der Waals surface area (Å²) < 4.78 is 72.4.